The first-order valence-corrected chi connectivity index (χ1v) is 7.21. The quantitative estimate of drug-likeness (QED) is 0.891. The van der Waals surface area contributed by atoms with E-state index in [0.29, 0.717) is 13.1 Å². The van der Waals surface area contributed by atoms with E-state index in [1.807, 2.05) is 42.5 Å². The van der Waals surface area contributed by atoms with Gasteiger partial charge in [0.05, 0.1) is 7.11 Å². The Morgan fingerprint density at radius 2 is 2.14 bits per heavy atom. The Hall–Kier alpha value is -2.56. The third-order valence-corrected chi connectivity index (χ3v) is 3.28. The van der Waals surface area contributed by atoms with Crippen LogP contribution >= 0.6 is 0 Å². The number of nitrogens with zero attached hydrogens (tertiary/aromatic N) is 2. The summed E-state index contributed by atoms with van der Waals surface area (Å²) in [6.45, 7) is 1.10. The zero-order valence-corrected chi connectivity index (χ0v) is 13.0. The predicted octanol–water partition coefficient (Wildman–Crippen LogP) is 2.47. The van der Waals surface area contributed by atoms with Crippen LogP contribution in [-0.4, -0.2) is 36.6 Å². The minimum absolute atomic E-state index is 0.0984. The van der Waals surface area contributed by atoms with Crippen molar-refractivity contribution in [3.05, 3.63) is 59.9 Å². The fraction of sp³-hybridized carbons (Fsp3) is 0.294. The maximum atomic E-state index is 12.1. The second-order valence-corrected chi connectivity index (χ2v) is 5.01. The number of hydrogen-bond acceptors (Lipinski definition) is 3. The molecule has 0 saturated carbocycles. The monoisotopic (exact) mass is 299 g/mol. The van der Waals surface area contributed by atoms with E-state index in [4.69, 9.17) is 4.74 Å². The Labute approximate surface area is 130 Å². The van der Waals surface area contributed by atoms with E-state index in [0.717, 1.165) is 23.4 Å². The summed E-state index contributed by atoms with van der Waals surface area (Å²) in [7, 11) is 3.41. The Morgan fingerprint density at radius 1 is 1.27 bits per heavy atom. The van der Waals surface area contributed by atoms with E-state index in [-0.39, 0.29) is 6.03 Å². The molecular weight excluding hydrogens is 278 g/mol. The topological polar surface area (TPSA) is 54.5 Å². The first-order chi connectivity index (χ1) is 10.7. The SMILES string of the molecule is COc1cccc(CN(C)C(=O)NCCc2ccccn2)c1. The van der Waals surface area contributed by atoms with Crippen molar-refractivity contribution in [3.8, 4) is 5.75 Å². The Morgan fingerprint density at radius 3 is 2.86 bits per heavy atom. The van der Waals surface area contributed by atoms with E-state index in [2.05, 4.69) is 10.3 Å². The highest BCUT2D eigenvalue weighted by Gasteiger charge is 2.09. The number of nitrogens with one attached hydrogen (secondary N) is 1. The molecule has 2 aromatic rings. The van der Waals surface area contributed by atoms with Gasteiger partial charge in [-0.15, -0.1) is 0 Å². The van der Waals surface area contributed by atoms with Crippen LogP contribution in [0.5, 0.6) is 5.75 Å². The molecule has 116 valence electrons. The van der Waals surface area contributed by atoms with Crippen LogP contribution in [0.4, 0.5) is 4.79 Å². The van der Waals surface area contributed by atoms with Crippen molar-refractivity contribution < 1.29 is 9.53 Å². The Kier molecular flexibility index (Phi) is 5.77. The van der Waals surface area contributed by atoms with Crippen molar-refractivity contribution >= 4 is 6.03 Å². The standard InChI is InChI=1S/C17H21N3O2/c1-20(13-14-6-5-8-16(12-14)22-2)17(21)19-11-9-15-7-3-4-10-18-15/h3-8,10,12H,9,11,13H2,1-2H3,(H,19,21). The molecule has 2 rings (SSSR count). The van der Waals surface area contributed by atoms with Gasteiger partial charge in [-0.2, -0.15) is 0 Å². The number of methoxy groups -OCH3 is 1. The van der Waals surface area contributed by atoms with E-state index in [9.17, 15) is 4.79 Å². The maximum Gasteiger partial charge on any atom is 0.317 e. The Bertz CT molecular complexity index is 602. The molecule has 0 aliphatic carbocycles. The molecule has 0 fully saturated rings. The largest absolute Gasteiger partial charge is 0.497 e. The van der Waals surface area contributed by atoms with Crippen LogP contribution in [0.3, 0.4) is 0 Å². The number of aromatic nitrogens is 1. The van der Waals surface area contributed by atoms with Gasteiger partial charge in [0, 0.05) is 38.4 Å². The van der Waals surface area contributed by atoms with Gasteiger partial charge in [-0.25, -0.2) is 4.79 Å². The Balaban J connectivity index is 1.79. The average Bonchev–Trinajstić information content (AvgIpc) is 2.56. The van der Waals surface area contributed by atoms with Crippen LogP contribution in [0.1, 0.15) is 11.3 Å². The molecule has 0 spiro atoms. The summed E-state index contributed by atoms with van der Waals surface area (Å²) >= 11 is 0. The summed E-state index contributed by atoms with van der Waals surface area (Å²) in [6.07, 6.45) is 2.48. The van der Waals surface area contributed by atoms with Gasteiger partial charge in [-0.3, -0.25) is 4.98 Å². The zero-order chi connectivity index (χ0) is 15.8. The molecular formula is C17H21N3O2. The van der Waals surface area contributed by atoms with E-state index < -0.39 is 0 Å². The molecule has 0 radical (unpaired) electrons. The van der Waals surface area contributed by atoms with Crippen LogP contribution in [0.2, 0.25) is 0 Å². The first kappa shape index (κ1) is 15.8. The van der Waals surface area contributed by atoms with Crippen molar-refractivity contribution in [2.75, 3.05) is 20.7 Å². The highest BCUT2D eigenvalue weighted by molar-refractivity contribution is 5.73. The molecule has 0 aliphatic heterocycles. The average molecular weight is 299 g/mol. The minimum atomic E-state index is -0.0984. The molecule has 1 aromatic heterocycles. The minimum Gasteiger partial charge on any atom is -0.497 e. The van der Waals surface area contributed by atoms with Crippen molar-refractivity contribution in [1.29, 1.82) is 0 Å². The smallest absolute Gasteiger partial charge is 0.317 e. The molecule has 0 saturated heterocycles. The number of benzene rings is 1. The molecule has 1 N–H and O–H groups in total. The van der Waals surface area contributed by atoms with E-state index in [1.165, 1.54) is 0 Å². The zero-order valence-electron chi connectivity index (χ0n) is 13.0. The third-order valence-electron chi connectivity index (χ3n) is 3.28. The van der Waals surface area contributed by atoms with Crippen molar-refractivity contribution in [3.63, 3.8) is 0 Å². The van der Waals surface area contributed by atoms with Crippen LogP contribution in [0, 0.1) is 0 Å². The molecule has 0 unspecified atom stereocenters. The fourth-order valence-electron chi connectivity index (χ4n) is 2.09. The predicted molar refractivity (Wildman–Crippen MR) is 85.8 cm³/mol. The van der Waals surface area contributed by atoms with Crippen molar-refractivity contribution in [2.45, 2.75) is 13.0 Å². The number of rotatable bonds is 6. The van der Waals surface area contributed by atoms with Gasteiger partial charge in [0.15, 0.2) is 0 Å². The lowest BCUT2D eigenvalue weighted by Crippen LogP contribution is -2.37. The summed E-state index contributed by atoms with van der Waals surface area (Å²) in [4.78, 5) is 17.9. The maximum absolute atomic E-state index is 12.1. The fourth-order valence-corrected chi connectivity index (χ4v) is 2.09. The molecule has 5 heteroatoms. The molecule has 2 amide bonds. The van der Waals surface area contributed by atoms with Gasteiger partial charge in [0.2, 0.25) is 0 Å². The van der Waals surface area contributed by atoms with Gasteiger partial charge in [-0.05, 0) is 29.8 Å². The molecule has 22 heavy (non-hydrogen) atoms. The number of amides is 2. The molecule has 0 bridgehead atoms. The van der Waals surface area contributed by atoms with Gasteiger partial charge in [0.1, 0.15) is 5.75 Å². The van der Waals surface area contributed by atoms with Crippen LogP contribution in [0.25, 0.3) is 0 Å². The highest BCUT2D eigenvalue weighted by Crippen LogP contribution is 2.13. The summed E-state index contributed by atoms with van der Waals surface area (Å²) in [5, 5.41) is 2.90. The summed E-state index contributed by atoms with van der Waals surface area (Å²) in [6, 6.07) is 13.4. The number of carbonyl (C=O) groups is 1. The normalized spacial score (nSPS) is 10.1. The lowest BCUT2D eigenvalue weighted by atomic mass is 10.2. The van der Waals surface area contributed by atoms with Gasteiger partial charge in [-0.1, -0.05) is 18.2 Å². The summed E-state index contributed by atoms with van der Waals surface area (Å²) < 4.78 is 5.18. The van der Waals surface area contributed by atoms with Gasteiger partial charge >= 0.3 is 6.03 Å². The molecule has 5 nitrogen and oxygen atoms in total. The number of carbonyl (C=O) groups excluding carboxylic acids is 1. The lowest BCUT2D eigenvalue weighted by Gasteiger charge is -2.18. The van der Waals surface area contributed by atoms with Gasteiger partial charge in [0.25, 0.3) is 0 Å². The number of pyridine rings is 1. The molecule has 0 aliphatic rings. The highest BCUT2D eigenvalue weighted by atomic mass is 16.5. The third kappa shape index (κ3) is 4.77. The lowest BCUT2D eigenvalue weighted by molar-refractivity contribution is 0.207. The van der Waals surface area contributed by atoms with Crippen LogP contribution < -0.4 is 10.1 Å². The number of urea groups is 1. The van der Waals surface area contributed by atoms with Gasteiger partial charge < -0.3 is 15.0 Å². The van der Waals surface area contributed by atoms with Crippen molar-refractivity contribution in [1.82, 2.24) is 15.2 Å². The number of ether oxygens (including phenoxy) is 1. The van der Waals surface area contributed by atoms with E-state index in [1.54, 1.807) is 25.3 Å². The molecule has 0 atom stereocenters. The summed E-state index contributed by atoms with van der Waals surface area (Å²) in [5.41, 5.74) is 2.00. The first-order valence-electron chi connectivity index (χ1n) is 7.21. The van der Waals surface area contributed by atoms with E-state index >= 15 is 0 Å². The number of hydrogen-bond donors (Lipinski definition) is 1. The second kappa shape index (κ2) is 8.02. The molecule has 1 heterocycles. The summed E-state index contributed by atoms with van der Waals surface area (Å²) in [5.74, 6) is 0.793. The molecule has 1 aromatic carbocycles. The van der Waals surface area contributed by atoms with Crippen LogP contribution in [-0.2, 0) is 13.0 Å². The van der Waals surface area contributed by atoms with Crippen LogP contribution in [0.15, 0.2) is 48.7 Å². The second-order valence-electron chi connectivity index (χ2n) is 5.01. The van der Waals surface area contributed by atoms with Crippen molar-refractivity contribution in [2.24, 2.45) is 0 Å².